The van der Waals surface area contributed by atoms with Crippen LogP contribution in [0.4, 0.5) is 0 Å². The molecule has 0 aliphatic rings. The first kappa shape index (κ1) is 30.4. The second-order valence-electron chi connectivity index (χ2n) is 9.87. The molecule has 0 saturated carbocycles. The summed E-state index contributed by atoms with van der Waals surface area (Å²) in [5, 5.41) is 0. The average Bonchev–Trinajstić information content (AvgIpc) is 2.91. The Morgan fingerprint density at radius 3 is 1.64 bits per heavy atom. The Kier molecular flexibility index (Phi) is 17.9. The summed E-state index contributed by atoms with van der Waals surface area (Å²) in [5.41, 5.74) is 3.96. The van der Waals surface area contributed by atoms with Crippen molar-refractivity contribution >= 4 is 0 Å². The van der Waals surface area contributed by atoms with Gasteiger partial charge in [0.1, 0.15) is 5.75 Å². The van der Waals surface area contributed by atoms with E-state index >= 15 is 0 Å². The summed E-state index contributed by atoms with van der Waals surface area (Å²) in [6, 6.07) is 17.7. The molecule has 0 fully saturated rings. The van der Waals surface area contributed by atoms with E-state index in [-0.39, 0.29) is 0 Å². The molecule has 0 bridgehead atoms. The van der Waals surface area contributed by atoms with Gasteiger partial charge in [-0.3, -0.25) is 0 Å². The quantitative estimate of drug-likeness (QED) is 0.143. The van der Waals surface area contributed by atoms with Crippen LogP contribution in [0, 0.1) is 0 Å². The number of ether oxygens (including phenoxy) is 3. The lowest BCUT2D eigenvalue weighted by atomic mass is 10.0. The molecular formula is C33H52O3. The molecule has 36 heavy (non-hydrogen) atoms. The fraction of sp³-hybridized carbons (Fsp3) is 0.636. The van der Waals surface area contributed by atoms with Crippen molar-refractivity contribution in [1.29, 1.82) is 0 Å². The zero-order valence-electron chi connectivity index (χ0n) is 23.3. The molecule has 0 amide bonds. The zero-order valence-corrected chi connectivity index (χ0v) is 23.3. The highest BCUT2D eigenvalue weighted by atomic mass is 16.5. The molecule has 2 aromatic carbocycles. The fourth-order valence-electron chi connectivity index (χ4n) is 4.46. The van der Waals surface area contributed by atoms with E-state index in [0.717, 1.165) is 51.4 Å². The van der Waals surface area contributed by atoms with Gasteiger partial charge in [-0.2, -0.15) is 0 Å². The molecule has 0 unspecified atom stereocenters. The molecule has 0 spiro atoms. The van der Waals surface area contributed by atoms with Crippen LogP contribution in [0.25, 0.3) is 11.1 Å². The van der Waals surface area contributed by atoms with E-state index in [4.69, 9.17) is 14.2 Å². The van der Waals surface area contributed by atoms with Gasteiger partial charge in [0, 0.05) is 13.2 Å². The molecule has 3 heteroatoms. The number of unbranched alkanes of at least 4 members (excludes halogenated alkanes) is 11. The monoisotopic (exact) mass is 496 g/mol. The maximum Gasteiger partial charge on any atom is 0.119 e. The highest BCUT2D eigenvalue weighted by Crippen LogP contribution is 2.23. The summed E-state index contributed by atoms with van der Waals surface area (Å²) in [6.45, 7) is 8.19. The largest absolute Gasteiger partial charge is 0.494 e. The molecule has 0 N–H and O–H groups in total. The number of rotatable bonds is 23. The van der Waals surface area contributed by atoms with E-state index in [1.54, 1.807) is 0 Å². The van der Waals surface area contributed by atoms with Crippen LogP contribution in [0.1, 0.15) is 103 Å². The molecule has 0 atom stereocenters. The smallest absolute Gasteiger partial charge is 0.119 e. The van der Waals surface area contributed by atoms with Gasteiger partial charge in [-0.25, -0.2) is 0 Å². The van der Waals surface area contributed by atoms with E-state index in [0.29, 0.717) is 6.61 Å². The summed E-state index contributed by atoms with van der Waals surface area (Å²) in [7, 11) is 0. The highest BCUT2D eigenvalue weighted by molar-refractivity contribution is 5.64. The third-order valence-electron chi connectivity index (χ3n) is 6.74. The predicted octanol–water partition coefficient (Wildman–Crippen LogP) is 9.42. The minimum Gasteiger partial charge on any atom is -0.494 e. The van der Waals surface area contributed by atoms with Crippen molar-refractivity contribution in [3.63, 3.8) is 0 Å². The molecule has 2 rings (SSSR count). The van der Waals surface area contributed by atoms with Crippen molar-refractivity contribution in [2.24, 2.45) is 0 Å². The van der Waals surface area contributed by atoms with Gasteiger partial charge >= 0.3 is 0 Å². The Bertz CT molecular complexity index is 739. The van der Waals surface area contributed by atoms with Gasteiger partial charge in [-0.15, -0.1) is 0 Å². The molecule has 2 aromatic rings. The van der Waals surface area contributed by atoms with Gasteiger partial charge in [-0.1, -0.05) is 108 Å². The Morgan fingerprint density at radius 1 is 0.472 bits per heavy atom. The normalized spacial score (nSPS) is 11.2. The summed E-state index contributed by atoms with van der Waals surface area (Å²) >= 11 is 0. The predicted molar refractivity (Wildman–Crippen MR) is 154 cm³/mol. The molecule has 0 heterocycles. The maximum absolute atomic E-state index is 5.95. The van der Waals surface area contributed by atoms with Crippen LogP contribution in [-0.4, -0.2) is 33.0 Å². The minimum absolute atomic E-state index is 0.717. The molecule has 0 aliphatic heterocycles. The van der Waals surface area contributed by atoms with Crippen molar-refractivity contribution < 1.29 is 14.2 Å². The Morgan fingerprint density at radius 2 is 1.00 bits per heavy atom. The maximum atomic E-state index is 5.95. The SMILES string of the molecule is CCCCCCCCCCOc1ccc(-c2ccc(CCCCCCCOCCOCC)cc2)cc1. The summed E-state index contributed by atoms with van der Waals surface area (Å²) in [4.78, 5) is 0. The van der Waals surface area contributed by atoms with Crippen molar-refractivity contribution in [2.45, 2.75) is 104 Å². The Hall–Kier alpha value is -1.84. The molecule has 0 aromatic heterocycles. The summed E-state index contributed by atoms with van der Waals surface area (Å²) in [6.07, 6.45) is 18.1. The third kappa shape index (κ3) is 14.7. The average molecular weight is 497 g/mol. The number of hydrogen-bond donors (Lipinski definition) is 0. The molecule has 0 radical (unpaired) electrons. The Labute approximate surface area is 221 Å². The van der Waals surface area contributed by atoms with Crippen LogP contribution in [0.15, 0.2) is 48.5 Å². The Balaban J connectivity index is 1.53. The van der Waals surface area contributed by atoms with Crippen molar-refractivity contribution in [1.82, 2.24) is 0 Å². The van der Waals surface area contributed by atoms with Crippen molar-refractivity contribution in [2.75, 3.05) is 33.0 Å². The molecular weight excluding hydrogens is 444 g/mol. The number of hydrogen-bond acceptors (Lipinski definition) is 3. The molecule has 0 aliphatic carbocycles. The second-order valence-corrected chi connectivity index (χ2v) is 9.87. The summed E-state index contributed by atoms with van der Waals surface area (Å²) < 4.78 is 16.8. The van der Waals surface area contributed by atoms with Crippen LogP contribution in [0.3, 0.4) is 0 Å². The first-order valence-electron chi connectivity index (χ1n) is 14.8. The third-order valence-corrected chi connectivity index (χ3v) is 6.74. The lowest BCUT2D eigenvalue weighted by molar-refractivity contribution is 0.0512. The first-order valence-corrected chi connectivity index (χ1v) is 14.8. The van der Waals surface area contributed by atoms with Gasteiger partial charge in [-0.05, 0) is 61.4 Å². The van der Waals surface area contributed by atoms with Crippen LogP contribution in [-0.2, 0) is 15.9 Å². The topological polar surface area (TPSA) is 27.7 Å². The highest BCUT2D eigenvalue weighted by Gasteiger charge is 2.01. The fourth-order valence-corrected chi connectivity index (χ4v) is 4.46. The van der Waals surface area contributed by atoms with E-state index in [9.17, 15) is 0 Å². The lowest BCUT2D eigenvalue weighted by Gasteiger charge is -2.08. The molecule has 0 saturated heterocycles. The van der Waals surface area contributed by atoms with Gasteiger partial charge < -0.3 is 14.2 Å². The number of benzene rings is 2. The van der Waals surface area contributed by atoms with Crippen molar-refractivity contribution in [3.8, 4) is 16.9 Å². The van der Waals surface area contributed by atoms with Crippen LogP contribution >= 0.6 is 0 Å². The van der Waals surface area contributed by atoms with E-state index in [1.165, 1.54) is 87.3 Å². The van der Waals surface area contributed by atoms with E-state index < -0.39 is 0 Å². The summed E-state index contributed by atoms with van der Waals surface area (Å²) in [5.74, 6) is 0.982. The van der Waals surface area contributed by atoms with Gasteiger partial charge in [0.25, 0.3) is 0 Å². The van der Waals surface area contributed by atoms with Gasteiger partial charge in [0.15, 0.2) is 0 Å². The van der Waals surface area contributed by atoms with E-state index in [2.05, 4.69) is 55.5 Å². The molecule has 202 valence electrons. The minimum atomic E-state index is 0.717. The first-order chi connectivity index (χ1) is 17.8. The van der Waals surface area contributed by atoms with Gasteiger partial charge in [0.2, 0.25) is 0 Å². The zero-order chi connectivity index (χ0) is 25.5. The lowest BCUT2D eigenvalue weighted by Crippen LogP contribution is -2.04. The van der Waals surface area contributed by atoms with Gasteiger partial charge in [0.05, 0.1) is 19.8 Å². The van der Waals surface area contributed by atoms with Crippen LogP contribution in [0.5, 0.6) is 5.75 Å². The standard InChI is InChI=1S/C33H52O3/c1-3-5-6-7-8-9-13-16-27-36-33-24-22-32(23-25-33)31-20-18-30(19-21-31)17-14-11-10-12-15-26-35-29-28-34-4-2/h18-25H,3-17,26-29H2,1-2H3. The van der Waals surface area contributed by atoms with Crippen LogP contribution < -0.4 is 4.74 Å². The van der Waals surface area contributed by atoms with Crippen LogP contribution in [0.2, 0.25) is 0 Å². The van der Waals surface area contributed by atoms with Crippen molar-refractivity contribution in [3.05, 3.63) is 54.1 Å². The van der Waals surface area contributed by atoms with E-state index in [1.807, 2.05) is 6.92 Å². The number of aryl methyl sites for hydroxylation is 1. The molecule has 3 nitrogen and oxygen atoms in total. The second kappa shape index (κ2) is 21.3.